The fraction of sp³-hybridized carbons (Fsp3) is 0. The first-order valence-corrected chi connectivity index (χ1v) is 1.11. The van der Waals surface area contributed by atoms with Crippen molar-refractivity contribution < 1.29 is 49.2 Å². The van der Waals surface area contributed by atoms with Crippen LogP contribution < -0.4 is 34.2 Å². The Morgan fingerprint density at radius 3 is 1.43 bits per heavy atom. The molecule has 0 aromatic carbocycles. The number of halogens is 1. The Morgan fingerprint density at radius 1 is 1.43 bits per heavy atom. The van der Waals surface area contributed by atoms with Gasteiger partial charge in [-0.3, -0.25) is 0 Å². The molecule has 0 rings (SSSR count). The smallest absolute Gasteiger partial charge is 0.769 e. The van der Waals surface area contributed by atoms with Crippen LogP contribution in [0.1, 0.15) is 0 Å². The molecule has 0 bridgehead atoms. The summed E-state index contributed by atoms with van der Waals surface area (Å²) in [5.41, 5.74) is 0. The molecule has 0 saturated heterocycles. The topological polar surface area (TPSA) is 80.6 Å². The van der Waals surface area contributed by atoms with Gasteiger partial charge in [-0.15, -0.1) is 0 Å². The maximum atomic E-state index is 8.56. The molecular formula is CH2ClNaO4. The Morgan fingerprint density at radius 2 is 1.43 bits per heavy atom. The van der Waals surface area contributed by atoms with Gasteiger partial charge in [0.1, 0.15) is 0 Å². The van der Waals surface area contributed by atoms with Gasteiger partial charge in [0.2, 0.25) is 0 Å². The first-order chi connectivity index (χ1) is 2.73. The predicted octanol–water partition coefficient (Wildman–Crippen LogP) is -3.27. The summed E-state index contributed by atoms with van der Waals surface area (Å²) >= 11 is 3.39. The minimum absolute atomic E-state index is 0. The zero-order chi connectivity index (χ0) is 5.58. The van der Waals surface area contributed by atoms with Gasteiger partial charge in [0, 0.05) is 0 Å². The van der Waals surface area contributed by atoms with E-state index in [2.05, 4.69) is 11.9 Å². The second-order valence-corrected chi connectivity index (χ2v) is 0.283. The number of hydrogen-bond donors (Lipinski definition) is 2. The summed E-state index contributed by atoms with van der Waals surface area (Å²) in [6, 6.07) is 0. The summed E-state index contributed by atoms with van der Waals surface area (Å²) in [7, 11) is 0. The van der Waals surface area contributed by atoms with E-state index in [0.717, 1.165) is 0 Å². The van der Waals surface area contributed by atoms with Crippen LogP contribution in [0.2, 0.25) is 0 Å². The van der Waals surface area contributed by atoms with Gasteiger partial charge in [-0.1, -0.05) is 0 Å². The molecule has 0 spiro atoms. The van der Waals surface area contributed by atoms with Crippen LogP contribution in [-0.2, 0) is 0 Å². The SMILES string of the molecule is O=C(O)O.[Na+].[O-]Cl. The molecule has 0 aliphatic rings. The standard InChI is InChI=1S/CH2O3.ClO.Na/c2-1(3)4;1-2;/h(H2,2,3,4);;/q;-1;+1. The van der Waals surface area contributed by atoms with E-state index >= 15 is 0 Å². The summed E-state index contributed by atoms with van der Waals surface area (Å²) in [6.07, 6.45) is -1.83. The van der Waals surface area contributed by atoms with E-state index in [1.807, 2.05) is 0 Å². The number of carboxylic acid groups (broad SMARTS) is 2. The number of rotatable bonds is 0. The molecule has 7 heavy (non-hydrogen) atoms. The van der Waals surface area contributed by atoms with Gasteiger partial charge in [0.05, 0.1) is 0 Å². The zero-order valence-corrected chi connectivity index (χ0v) is 6.34. The maximum absolute atomic E-state index is 8.56. The Hall–Kier alpha value is 0.520. The minimum atomic E-state index is -1.83. The van der Waals surface area contributed by atoms with Gasteiger partial charge >= 0.3 is 35.7 Å². The van der Waals surface area contributed by atoms with Crippen molar-refractivity contribution in [2.75, 3.05) is 0 Å². The van der Waals surface area contributed by atoms with Gasteiger partial charge in [-0.2, -0.15) is 0 Å². The number of hydrogen-bond acceptors (Lipinski definition) is 2. The van der Waals surface area contributed by atoms with E-state index in [9.17, 15) is 0 Å². The second-order valence-electron chi connectivity index (χ2n) is 0.283. The van der Waals surface area contributed by atoms with Crippen molar-refractivity contribution in [1.82, 2.24) is 0 Å². The molecular weight excluding hydrogens is 134 g/mol. The Bertz CT molecular complexity index is 34.7. The molecule has 0 unspecified atom stereocenters. The summed E-state index contributed by atoms with van der Waals surface area (Å²) in [6.45, 7) is 0. The van der Waals surface area contributed by atoms with E-state index in [4.69, 9.17) is 19.7 Å². The maximum Gasteiger partial charge on any atom is 1.00 e. The fourth-order valence-corrected chi connectivity index (χ4v) is 0. The molecule has 0 heterocycles. The molecule has 0 fully saturated rings. The monoisotopic (exact) mass is 136 g/mol. The molecule has 2 N–H and O–H groups in total. The van der Waals surface area contributed by atoms with Crippen molar-refractivity contribution in [3.05, 3.63) is 0 Å². The van der Waals surface area contributed by atoms with Gasteiger partial charge in [0.25, 0.3) is 0 Å². The molecule has 38 valence electrons. The van der Waals surface area contributed by atoms with E-state index in [1.165, 1.54) is 0 Å². The molecule has 4 nitrogen and oxygen atoms in total. The molecule has 0 saturated carbocycles. The van der Waals surface area contributed by atoms with Crippen molar-refractivity contribution in [3.63, 3.8) is 0 Å². The van der Waals surface area contributed by atoms with Crippen LogP contribution in [0.15, 0.2) is 0 Å². The molecule has 6 heteroatoms. The van der Waals surface area contributed by atoms with Crippen LogP contribution in [0.5, 0.6) is 0 Å². The van der Waals surface area contributed by atoms with Gasteiger partial charge in [-0.25, -0.2) is 16.7 Å². The second kappa shape index (κ2) is 16.0. The molecule has 0 aromatic rings. The summed E-state index contributed by atoms with van der Waals surface area (Å²) < 4.78 is 7.72. The average Bonchev–Trinajstić information content (AvgIpc) is 1.41. The van der Waals surface area contributed by atoms with Crippen LogP contribution in [0, 0.1) is 0 Å². The third kappa shape index (κ3) is 493. The first-order valence-electron chi connectivity index (χ1n) is 0.806. The van der Waals surface area contributed by atoms with Crippen molar-refractivity contribution in [3.8, 4) is 0 Å². The van der Waals surface area contributed by atoms with Crippen LogP contribution in [0.4, 0.5) is 4.79 Å². The van der Waals surface area contributed by atoms with Gasteiger partial charge in [-0.05, 0) is 0 Å². The number of carbonyl (C=O) groups is 1. The molecule has 0 amide bonds. The van der Waals surface area contributed by atoms with Crippen LogP contribution in [-0.4, -0.2) is 16.4 Å². The van der Waals surface area contributed by atoms with Crippen molar-refractivity contribution >= 4 is 18.0 Å². The normalized spacial score (nSPS) is 4.29. The van der Waals surface area contributed by atoms with Crippen molar-refractivity contribution in [1.29, 1.82) is 0 Å². The molecule has 0 radical (unpaired) electrons. The predicted molar refractivity (Wildman–Crippen MR) is 16.5 cm³/mol. The quantitative estimate of drug-likeness (QED) is 0.343. The third-order valence-corrected chi connectivity index (χ3v) is 0. The first kappa shape index (κ1) is 15.6. The summed E-state index contributed by atoms with van der Waals surface area (Å²) in [5, 5.41) is 13.9. The average molecular weight is 136 g/mol. The molecule has 0 aromatic heterocycles. The Balaban J connectivity index is -0.0000000480. The van der Waals surface area contributed by atoms with Crippen LogP contribution in [0.25, 0.3) is 0 Å². The third-order valence-electron chi connectivity index (χ3n) is 0. The van der Waals surface area contributed by atoms with E-state index < -0.39 is 6.16 Å². The van der Waals surface area contributed by atoms with Gasteiger partial charge < -0.3 is 14.9 Å². The van der Waals surface area contributed by atoms with E-state index in [0.29, 0.717) is 0 Å². The Kier molecular flexibility index (Phi) is 35.8. The molecule has 0 aliphatic carbocycles. The zero-order valence-electron chi connectivity index (χ0n) is 3.59. The van der Waals surface area contributed by atoms with E-state index in [-0.39, 0.29) is 29.6 Å². The van der Waals surface area contributed by atoms with Crippen LogP contribution >= 0.6 is 11.9 Å². The molecule has 0 aliphatic heterocycles. The summed E-state index contributed by atoms with van der Waals surface area (Å²) in [4.78, 5) is 8.56. The van der Waals surface area contributed by atoms with E-state index in [1.54, 1.807) is 0 Å². The Labute approximate surface area is 67.2 Å². The van der Waals surface area contributed by atoms with Crippen molar-refractivity contribution in [2.24, 2.45) is 0 Å². The minimum Gasteiger partial charge on any atom is -0.769 e. The summed E-state index contributed by atoms with van der Waals surface area (Å²) in [5.74, 6) is 0. The fourth-order valence-electron chi connectivity index (χ4n) is 0. The van der Waals surface area contributed by atoms with Gasteiger partial charge in [0.15, 0.2) is 0 Å². The van der Waals surface area contributed by atoms with Crippen molar-refractivity contribution in [2.45, 2.75) is 0 Å². The molecule has 0 atom stereocenters. The largest absolute Gasteiger partial charge is 1.00 e. The van der Waals surface area contributed by atoms with Crippen LogP contribution in [0.3, 0.4) is 0 Å².